The first kappa shape index (κ1) is 16.7. The molecule has 3 N–H and O–H groups in total. The summed E-state index contributed by atoms with van der Waals surface area (Å²) in [5, 5.41) is 14.5. The van der Waals surface area contributed by atoms with Gasteiger partial charge in [-0.15, -0.1) is 0 Å². The minimum Gasteiger partial charge on any atom is -0.392 e. The standard InChI is InChI=1S/C18H20N2O3/c1-13(22)19-17(11-14-5-3-2-4-6-14)18(23)20-16-9-7-15(12-21)8-10-16/h2-10,17,21H,11-12H2,1H3,(H,19,22)(H,20,23)/t17-/m0/s1. The van der Waals surface area contributed by atoms with Gasteiger partial charge in [0.05, 0.1) is 6.61 Å². The second kappa shape index (κ2) is 8.10. The van der Waals surface area contributed by atoms with Crippen molar-refractivity contribution >= 4 is 17.5 Å². The Kier molecular flexibility index (Phi) is 5.88. The molecule has 0 aromatic heterocycles. The number of nitrogens with one attached hydrogen (secondary N) is 2. The predicted molar refractivity (Wildman–Crippen MR) is 88.7 cm³/mol. The van der Waals surface area contributed by atoms with Crippen LogP contribution in [-0.4, -0.2) is 23.0 Å². The van der Waals surface area contributed by atoms with Crippen LogP contribution < -0.4 is 10.6 Å². The van der Waals surface area contributed by atoms with E-state index < -0.39 is 6.04 Å². The van der Waals surface area contributed by atoms with E-state index in [0.717, 1.165) is 11.1 Å². The Morgan fingerprint density at radius 1 is 1.00 bits per heavy atom. The van der Waals surface area contributed by atoms with Crippen LogP contribution in [0.3, 0.4) is 0 Å². The summed E-state index contributed by atoms with van der Waals surface area (Å²) in [6, 6.07) is 15.8. The van der Waals surface area contributed by atoms with Crippen LogP contribution >= 0.6 is 0 Å². The summed E-state index contributed by atoms with van der Waals surface area (Å²) in [5.41, 5.74) is 2.36. The molecule has 0 fully saturated rings. The van der Waals surface area contributed by atoms with Gasteiger partial charge < -0.3 is 15.7 Å². The molecule has 0 saturated heterocycles. The first-order chi connectivity index (χ1) is 11.1. The van der Waals surface area contributed by atoms with Crippen LogP contribution in [0.5, 0.6) is 0 Å². The Balaban J connectivity index is 2.07. The normalized spacial score (nSPS) is 11.6. The number of carbonyl (C=O) groups is 2. The van der Waals surface area contributed by atoms with E-state index in [9.17, 15) is 9.59 Å². The minimum atomic E-state index is -0.646. The van der Waals surface area contributed by atoms with E-state index in [1.807, 2.05) is 30.3 Å². The van der Waals surface area contributed by atoms with Gasteiger partial charge in [-0.25, -0.2) is 0 Å². The fourth-order valence-corrected chi connectivity index (χ4v) is 2.23. The molecule has 0 bridgehead atoms. The molecule has 0 saturated carbocycles. The third-order valence-electron chi connectivity index (χ3n) is 3.38. The number of hydrogen-bond acceptors (Lipinski definition) is 3. The zero-order valence-electron chi connectivity index (χ0n) is 13.0. The highest BCUT2D eigenvalue weighted by atomic mass is 16.3. The molecule has 2 rings (SSSR count). The van der Waals surface area contributed by atoms with E-state index in [-0.39, 0.29) is 18.4 Å². The number of amides is 2. The monoisotopic (exact) mass is 312 g/mol. The highest BCUT2D eigenvalue weighted by Crippen LogP contribution is 2.11. The molecule has 5 nitrogen and oxygen atoms in total. The van der Waals surface area contributed by atoms with Crippen molar-refractivity contribution in [1.29, 1.82) is 0 Å². The Hall–Kier alpha value is -2.66. The van der Waals surface area contributed by atoms with E-state index in [1.54, 1.807) is 24.3 Å². The van der Waals surface area contributed by atoms with E-state index in [0.29, 0.717) is 12.1 Å². The molecule has 0 radical (unpaired) electrons. The summed E-state index contributed by atoms with van der Waals surface area (Å²) < 4.78 is 0. The topological polar surface area (TPSA) is 78.4 Å². The fraction of sp³-hybridized carbons (Fsp3) is 0.222. The fourth-order valence-electron chi connectivity index (χ4n) is 2.23. The average Bonchev–Trinajstić information content (AvgIpc) is 2.55. The van der Waals surface area contributed by atoms with Crippen molar-refractivity contribution in [2.45, 2.75) is 26.0 Å². The highest BCUT2D eigenvalue weighted by Gasteiger charge is 2.20. The predicted octanol–water partition coefficient (Wildman–Crippen LogP) is 1.86. The van der Waals surface area contributed by atoms with Crippen LogP contribution in [0.1, 0.15) is 18.1 Å². The van der Waals surface area contributed by atoms with Crippen LogP contribution in [-0.2, 0) is 22.6 Å². The smallest absolute Gasteiger partial charge is 0.247 e. The summed E-state index contributed by atoms with van der Waals surface area (Å²) in [6.07, 6.45) is 0.418. The number of benzene rings is 2. The zero-order chi connectivity index (χ0) is 16.7. The quantitative estimate of drug-likeness (QED) is 0.762. The minimum absolute atomic E-state index is 0.0449. The van der Waals surface area contributed by atoms with Crippen molar-refractivity contribution in [1.82, 2.24) is 5.32 Å². The molecule has 120 valence electrons. The van der Waals surface area contributed by atoms with Gasteiger partial charge in [0, 0.05) is 19.0 Å². The average molecular weight is 312 g/mol. The van der Waals surface area contributed by atoms with E-state index in [1.165, 1.54) is 6.92 Å². The molecule has 2 amide bonds. The summed E-state index contributed by atoms with van der Waals surface area (Å²) >= 11 is 0. The van der Waals surface area contributed by atoms with Crippen molar-refractivity contribution in [3.63, 3.8) is 0 Å². The molecule has 2 aromatic rings. The number of hydrogen-bond donors (Lipinski definition) is 3. The second-order valence-corrected chi connectivity index (χ2v) is 5.29. The van der Waals surface area contributed by atoms with Crippen LogP contribution in [0.2, 0.25) is 0 Å². The van der Waals surface area contributed by atoms with Gasteiger partial charge >= 0.3 is 0 Å². The van der Waals surface area contributed by atoms with Crippen LogP contribution in [0.25, 0.3) is 0 Å². The molecule has 0 heterocycles. The van der Waals surface area contributed by atoms with Crippen molar-refractivity contribution in [3.8, 4) is 0 Å². The van der Waals surface area contributed by atoms with Crippen molar-refractivity contribution in [2.24, 2.45) is 0 Å². The molecule has 23 heavy (non-hydrogen) atoms. The molecule has 0 spiro atoms. The van der Waals surface area contributed by atoms with Gasteiger partial charge in [-0.2, -0.15) is 0 Å². The van der Waals surface area contributed by atoms with Crippen LogP contribution in [0.4, 0.5) is 5.69 Å². The largest absolute Gasteiger partial charge is 0.392 e. The van der Waals surface area contributed by atoms with Crippen LogP contribution in [0.15, 0.2) is 54.6 Å². The van der Waals surface area contributed by atoms with E-state index >= 15 is 0 Å². The number of rotatable bonds is 6. The lowest BCUT2D eigenvalue weighted by Gasteiger charge is -2.18. The van der Waals surface area contributed by atoms with Crippen molar-refractivity contribution in [3.05, 3.63) is 65.7 Å². The summed E-state index contributed by atoms with van der Waals surface area (Å²) in [5.74, 6) is -0.530. The van der Waals surface area contributed by atoms with Gasteiger partial charge in [0.15, 0.2) is 0 Å². The third kappa shape index (κ3) is 5.23. The second-order valence-electron chi connectivity index (χ2n) is 5.29. The van der Waals surface area contributed by atoms with E-state index in [2.05, 4.69) is 10.6 Å². The maximum absolute atomic E-state index is 12.4. The molecule has 0 aliphatic carbocycles. The van der Waals surface area contributed by atoms with Crippen LogP contribution in [0, 0.1) is 0 Å². The molecule has 1 atom stereocenters. The summed E-state index contributed by atoms with van der Waals surface area (Å²) in [7, 11) is 0. The molecule has 0 unspecified atom stereocenters. The van der Waals surface area contributed by atoms with Gasteiger partial charge in [0.2, 0.25) is 11.8 Å². The third-order valence-corrected chi connectivity index (χ3v) is 3.38. The molecule has 0 aliphatic heterocycles. The van der Waals surface area contributed by atoms with Crippen molar-refractivity contribution < 1.29 is 14.7 Å². The Morgan fingerprint density at radius 2 is 1.65 bits per heavy atom. The first-order valence-corrected chi connectivity index (χ1v) is 7.40. The number of aliphatic hydroxyl groups is 1. The first-order valence-electron chi connectivity index (χ1n) is 7.40. The van der Waals surface area contributed by atoms with E-state index in [4.69, 9.17) is 5.11 Å². The lowest BCUT2D eigenvalue weighted by Crippen LogP contribution is -2.44. The molecule has 5 heteroatoms. The lowest BCUT2D eigenvalue weighted by molar-refractivity contribution is -0.125. The summed E-state index contributed by atoms with van der Waals surface area (Å²) in [4.78, 5) is 23.8. The Morgan fingerprint density at radius 3 is 2.22 bits per heavy atom. The maximum Gasteiger partial charge on any atom is 0.247 e. The van der Waals surface area contributed by atoms with Gasteiger partial charge in [0.25, 0.3) is 0 Å². The molecular weight excluding hydrogens is 292 g/mol. The zero-order valence-corrected chi connectivity index (χ0v) is 13.0. The number of anilines is 1. The molecule has 2 aromatic carbocycles. The van der Waals surface area contributed by atoms with Gasteiger partial charge in [-0.3, -0.25) is 9.59 Å². The Labute approximate surface area is 135 Å². The molecule has 0 aliphatic rings. The SMILES string of the molecule is CC(=O)N[C@@H](Cc1ccccc1)C(=O)Nc1ccc(CO)cc1. The van der Waals surface area contributed by atoms with Gasteiger partial charge in [-0.05, 0) is 23.3 Å². The highest BCUT2D eigenvalue weighted by molar-refractivity contribution is 5.97. The Bertz CT molecular complexity index is 654. The number of carbonyl (C=O) groups excluding carboxylic acids is 2. The van der Waals surface area contributed by atoms with Crippen molar-refractivity contribution in [2.75, 3.05) is 5.32 Å². The summed E-state index contributed by atoms with van der Waals surface area (Å²) in [6.45, 7) is 1.35. The van der Waals surface area contributed by atoms with Gasteiger partial charge in [0.1, 0.15) is 6.04 Å². The molecular formula is C18H20N2O3. The van der Waals surface area contributed by atoms with Gasteiger partial charge in [-0.1, -0.05) is 42.5 Å². The number of aliphatic hydroxyl groups excluding tert-OH is 1. The maximum atomic E-state index is 12.4. The lowest BCUT2D eigenvalue weighted by atomic mass is 10.0.